The van der Waals surface area contributed by atoms with E-state index in [2.05, 4.69) is 25.1 Å². The van der Waals surface area contributed by atoms with Gasteiger partial charge in [-0.15, -0.1) is 0 Å². The molecule has 0 spiro atoms. The summed E-state index contributed by atoms with van der Waals surface area (Å²) in [6.45, 7) is 2.29. The smallest absolute Gasteiger partial charge is 0.0711 e. The van der Waals surface area contributed by atoms with E-state index in [1.165, 1.54) is 107 Å². The predicted octanol–water partition coefficient (Wildman–Crippen LogP) is 7.29. The van der Waals surface area contributed by atoms with Gasteiger partial charge in [0.05, 0.1) is 5.69 Å². The molecule has 1 aliphatic heterocycles. The van der Waals surface area contributed by atoms with Crippen LogP contribution in [0.2, 0.25) is 0 Å². The summed E-state index contributed by atoms with van der Waals surface area (Å²) in [5.74, 6) is 0. The van der Waals surface area contributed by atoms with Gasteiger partial charge < -0.3 is 0 Å². The van der Waals surface area contributed by atoms with Crippen molar-refractivity contribution in [2.45, 2.75) is 96.8 Å². The first-order valence-corrected chi connectivity index (χ1v) is 10.5. The van der Waals surface area contributed by atoms with E-state index in [1.807, 2.05) is 0 Å². The van der Waals surface area contributed by atoms with Gasteiger partial charge in [0, 0.05) is 11.3 Å². The highest BCUT2D eigenvalue weighted by molar-refractivity contribution is 5.85. The van der Waals surface area contributed by atoms with Crippen LogP contribution in [0.25, 0.3) is 5.57 Å². The predicted molar refractivity (Wildman–Crippen MR) is 105 cm³/mol. The number of rotatable bonds is 11. The molecule has 1 aromatic carbocycles. The summed E-state index contributed by atoms with van der Waals surface area (Å²) in [7, 11) is 0. The number of allylic oxidation sites excluding steroid dienone is 2. The van der Waals surface area contributed by atoms with Gasteiger partial charge in [-0.25, -0.2) is 0 Å². The highest BCUT2D eigenvalue weighted by Crippen LogP contribution is 2.45. The fourth-order valence-corrected chi connectivity index (χ4v) is 4.31. The van der Waals surface area contributed by atoms with Gasteiger partial charge in [0.1, 0.15) is 0 Å². The second-order valence-corrected chi connectivity index (χ2v) is 7.63. The topological polar surface area (TPSA) is 14.1 Å². The third-order valence-electron chi connectivity index (χ3n) is 5.67. The first-order chi connectivity index (χ1) is 11.9. The molecule has 0 amide bonds. The highest BCUT2D eigenvalue weighted by Gasteiger charge is 2.28. The van der Waals surface area contributed by atoms with Gasteiger partial charge >= 0.3 is 0 Å². The molecule has 131 valence electrons. The van der Waals surface area contributed by atoms with Crippen LogP contribution in [0.5, 0.6) is 0 Å². The molecule has 1 aromatic rings. The van der Waals surface area contributed by atoms with Crippen molar-refractivity contribution in [1.82, 2.24) is 5.32 Å². The maximum absolute atomic E-state index is 4.85. The molecule has 2 aliphatic rings. The van der Waals surface area contributed by atoms with Crippen LogP contribution in [-0.2, 0) is 6.42 Å². The number of fused-ring (bicyclic) bond motifs is 2. The summed E-state index contributed by atoms with van der Waals surface area (Å²) in [5.41, 5.74) is 7.29. The van der Waals surface area contributed by atoms with Crippen LogP contribution in [-0.4, -0.2) is 0 Å². The zero-order valence-corrected chi connectivity index (χ0v) is 15.6. The van der Waals surface area contributed by atoms with Crippen molar-refractivity contribution >= 4 is 11.3 Å². The summed E-state index contributed by atoms with van der Waals surface area (Å²) in [6, 6.07) is 6.75. The van der Waals surface area contributed by atoms with Crippen molar-refractivity contribution in [3.05, 3.63) is 35.0 Å². The zero-order chi connectivity index (χ0) is 16.6. The van der Waals surface area contributed by atoms with Crippen molar-refractivity contribution < 1.29 is 0 Å². The molecule has 1 nitrogen and oxygen atoms in total. The van der Waals surface area contributed by atoms with Gasteiger partial charge in [-0.1, -0.05) is 76.8 Å². The molecular formula is C23H34N. The summed E-state index contributed by atoms with van der Waals surface area (Å²) < 4.78 is 0. The van der Waals surface area contributed by atoms with Crippen molar-refractivity contribution in [3.63, 3.8) is 0 Å². The van der Waals surface area contributed by atoms with Crippen LogP contribution >= 0.6 is 0 Å². The van der Waals surface area contributed by atoms with E-state index >= 15 is 0 Å². The Bertz CT molecular complexity index is 555. The van der Waals surface area contributed by atoms with Crippen LogP contribution < -0.4 is 5.32 Å². The first kappa shape index (κ1) is 17.6. The fourth-order valence-electron chi connectivity index (χ4n) is 4.31. The fraction of sp³-hybridized carbons (Fsp3) is 0.652. The third kappa shape index (κ3) is 4.43. The molecule has 0 aromatic heterocycles. The number of unbranched alkanes of at least 4 members (excludes halogenated alkanes) is 9. The van der Waals surface area contributed by atoms with Crippen LogP contribution in [0.3, 0.4) is 0 Å². The number of aryl methyl sites for hydroxylation is 1. The van der Waals surface area contributed by atoms with Crippen LogP contribution in [0.4, 0.5) is 5.69 Å². The Morgan fingerprint density at radius 1 is 0.833 bits per heavy atom. The molecule has 0 fully saturated rings. The highest BCUT2D eigenvalue weighted by atomic mass is 14.9. The van der Waals surface area contributed by atoms with Crippen LogP contribution in [0, 0.1) is 0 Å². The molecule has 0 saturated heterocycles. The Hall–Kier alpha value is -1.24. The van der Waals surface area contributed by atoms with Gasteiger partial charge in [0.25, 0.3) is 0 Å². The third-order valence-corrected chi connectivity index (χ3v) is 5.67. The lowest BCUT2D eigenvalue weighted by Gasteiger charge is -2.10. The first-order valence-electron chi connectivity index (χ1n) is 10.5. The number of hydrogen-bond donors (Lipinski definition) is 0. The normalized spacial score (nSPS) is 15.5. The lowest BCUT2D eigenvalue weighted by molar-refractivity contribution is 0.556. The van der Waals surface area contributed by atoms with Crippen molar-refractivity contribution in [2.75, 3.05) is 0 Å². The largest absolute Gasteiger partial charge is 0.253 e. The van der Waals surface area contributed by atoms with Crippen molar-refractivity contribution in [2.24, 2.45) is 0 Å². The summed E-state index contributed by atoms with van der Waals surface area (Å²) in [5, 5.41) is 4.85. The van der Waals surface area contributed by atoms with E-state index in [0.717, 1.165) is 0 Å². The Balaban J connectivity index is 1.34. The van der Waals surface area contributed by atoms with Crippen molar-refractivity contribution in [1.29, 1.82) is 0 Å². The Labute approximate surface area is 148 Å². The quantitative estimate of drug-likeness (QED) is 0.379. The van der Waals surface area contributed by atoms with Crippen LogP contribution in [0.1, 0.15) is 102 Å². The van der Waals surface area contributed by atoms with E-state index in [-0.39, 0.29) is 0 Å². The van der Waals surface area contributed by atoms with Gasteiger partial charge in [-0.3, -0.25) is 5.32 Å². The molecule has 1 aliphatic carbocycles. The molecule has 1 radical (unpaired) electrons. The molecule has 0 unspecified atom stereocenters. The molecular weight excluding hydrogens is 290 g/mol. The molecule has 1 heterocycles. The van der Waals surface area contributed by atoms with E-state index in [1.54, 1.807) is 11.1 Å². The number of nitrogens with zero attached hydrogens (tertiary/aromatic N) is 1. The molecule has 0 bridgehead atoms. The molecule has 0 saturated carbocycles. The minimum absolute atomic E-state index is 1.20. The number of benzene rings is 1. The Morgan fingerprint density at radius 2 is 1.54 bits per heavy atom. The lowest BCUT2D eigenvalue weighted by Crippen LogP contribution is -1.95. The standard InChI is InChI=1S/C23H34N/c1-2-3-4-5-6-7-8-9-10-11-14-19-15-12-18-22-23(19)20-16-13-17-21(20)24-22/h12,15,18H,2-11,13-14,16-17H2,1H3. The van der Waals surface area contributed by atoms with E-state index in [4.69, 9.17) is 5.32 Å². The minimum atomic E-state index is 1.20. The monoisotopic (exact) mass is 324 g/mol. The minimum Gasteiger partial charge on any atom is -0.253 e. The Morgan fingerprint density at radius 3 is 2.29 bits per heavy atom. The molecule has 1 heteroatoms. The van der Waals surface area contributed by atoms with Crippen LogP contribution in [0.15, 0.2) is 23.9 Å². The molecule has 24 heavy (non-hydrogen) atoms. The second kappa shape index (κ2) is 9.30. The maximum Gasteiger partial charge on any atom is 0.0711 e. The lowest BCUT2D eigenvalue weighted by atomic mass is 9.95. The average molecular weight is 325 g/mol. The van der Waals surface area contributed by atoms with Crippen molar-refractivity contribution in [3.8, 4) is 0 Å². The SMILES string of the molecule is CCCCCCCCCCCCc1cccc2c1C1=C(CCC1)[N]2. The van der Waals surface area contributed by atoms with Gasteiger partial charge in [0.2, 0.25) is 0 Å². The average Bonchev–Trinajstić information content (AvgIpc) is 3.17. The number of hydrogen-bond acceptors (Lipinski definition) is 0. The summed E-state index contributed by atoms with van der Waals surface area (Å²) in [4.78, 5) is 0. The second-order valence-electron chi connectivity index (χ2n) is 7.63. The van der Waals surface area contributed by atoms with E-state index in [0.29, 0.717) is 0 Å². The van der Waals surface area contributed by atoms with E-state index in [9.17, 15) is 0 Å². The van der Waals surface area contributed by atoms with E-state index < -0.39 is 0 Å². The van der Waals surface area contributed by atoms with Gasteiger partial charge in [0.15, 0.2) is 0 Å². The Kier molecular flexibility index (Phi) is 6.81. The zero-order valence-electron chi connectivity index (χ0n) is 15.6. The molecule has 0 N–H and O–H groups in total. The maximum atomic E-state index is 4.85. The van der Waals surface area contributed by atoms with Gasteiger partial charge in [-0.05, 0) is 49.3 Å². The molecule has 0 atom stereocenters. The molecule has 3 rings (SSSR count). The summed E-state index contributed by atoms with van der Waals surface area (Å²) in [6.07, 6.45) is 19.1. The van der Waals surface area contributed by atoms with Gasteiger partial charge in [-0.2, -0.15) is 0 Å². The summed E-state index contributed by atoms with van der Waals surface area (Å²) >= 11 is 0.